The quantitative estimate of drug-likeness (QED) is 0.722. The summed E-state index contributed by atoms with van der Waals surface area (Å²) in [6.45, 7) is 0. The lowest BCUT2D eigenvalue weighted by Crippen LogP contribution is -2.08. The van der Waals surface area contributed by atoms with Gasteiger partial charge in [0.15, 0.2) is 0 Å². The Kier molecular flexibility index (Phi) is 3.19. The van der Waals surface area contributed by atoms with Crippen molar-refractivity contribution in [3.8, 4) is 0 Å². The van der Waals surface area contributed by atoms with Crippen molar-refractivity contribution in [2.24, 2.45) is 0 Å². The van der Waals surface area contributed by atoms with Crippen LogP contribution in [0.25, 0.3) is 0 Å². The average Bonchev–Trinajstić information content (AvgIpc) is 2.47. The molecule has 6 heteroatoms. The van der Waals surface area contributed by atoms with Crippen molar-refractivity contribution < 1.29 is 17.6 Å². The summed E-state index contributed by atoms with van der Waals surface area (Å²) in [5.41, 5.74) is 0. The van der Waals surface area contributed by atoms with Gasteiger partial charge in [-0.1, -0.05) is 0 Å². The van der Waals surface area contributed by atoms with Gasteiger partial charge in [0.05, 0.1) is 18.5 Å². The molecule has 0 saturated carbocycles. The molecule has 0 aliphatic heterocycles. The summed E-state index contributed by atoms with van der Waals surface area (Å²) < 4.78 is 40.1. The van der Waals surface area contributed by atoms with Crippen molar-refractivity contribution in [2.75, 3.05) is 0 Å². The van der Waals surface area contributed by atoms with Crippen LogP contribution in [0.4, 0.5) is 13.2 Å². The SMILES string of the molecule is FC(F)(F)CCc1cnc(CCl)o1. The zero-order valence-electron chi connectivity index (χ0n) is 6.57. The molecule has 0 bridgehead atoms. The van der Waals surface area contributed by atoms with Crippen LogP contribution in [-0.2, 0) is 12.3 Å². The number of hydrogen-bond donors (Lipinski definition) is 0. The highest BCUT2D eigenvalue weighted by Gasteiger charge is 2.27. The van der Waals surface area contributed by atoms with Crippen molar-refractivity contribution in [3.05, 3.63) is 17.8 Å². The molecule has 0 N–H and O–H groups in total. The first-order chi connectivity index (χ1) is 6.01. The highest BCUT2D eigenvalue weighted by atomic mass is 35.5. The van der Waals surface area contributed by atoms with Gasteiger partial charge in [0.25, 0.3) is 0 Å². The minimum atomic E-state index is -4.16. The Morgan fingerprint density at radius 1 is 1.46 bits per heavy atom. The molecule has 1 aromatic heterocycles. The number of nitrogens with zero attached hydrogens (tertiary/aromatic N) is 1. The maximum absolute atomic E-state index is 11.7. The largest absolute Gasteiger partial charge is 0.444 e. The molecule has 0 aliphatic carbocycles. The van der Waals surface area contributed by atoms with E-state index in [1.165, 1.54) is 6.20 Å². The molecular formula is C7H7ClF3NO. The van der Waals surface area contributed by atoms with Gasteiger partial charge in [-0.15, -0.1) is 11.6 Å². The Hall–Kier alpha value is -0.710. The average molecular weight is 214 g/mol. The molecule has 0 atom stereocenters. The van der Waals surface area contributed by atoms with Gasteiger partial charge in [-0.25, -0.2) is 4.98 Å². The third-order valence-electron chi connectivity index (χ3n) is 1.37. The smallest absolute Gasteiger partial charge is 0.389 e. The molecular weight excluding hydrogens is 207 g/mol. The molecule has 0 spiro atoms. The fraction of sp³-hybridized carbons (Fsp3) is 0.571. The zero-order chi connectivity index (χ0) is 9.90. The van der Waals surface area contributed by atoms with Gasteiger partial charge < -0.3 is 4.42 Å². The third kappa shape index (κ3) is 3.67. The van der Waals surface area contributed by atoms with Crippen LogP contribution >= 0.6 is 11.6 Å². The fourth-order valence-electron chi connectivity index (χ4n) is 0.790. The van der Waals surface area contributed by atoms with Crippen LogP contribution in [0.15, 0.2) is 10.6 Å². The molecule has 0 saturated heterocycles. The minimum absolute atomic E-state index is 0.0754. The Morgan fingerprint density at radius 3 is 2.62 bits per heavy atom. The Balaban J connectivity index is 2.46. The van der Waals surface area contributed by atoms with Crippen LogP contribution in [0, 0.1) is 0 Å². The topological polar surface area (TPSA) is 26.0 Å². The predicted octanol–water partition coefficient (Wildman–Crippen LogP) is 2.91. The molecule has 1 aromatic rings. The van der Waals surface area contributed by atoms with E-state index in [-0.39, 0.29) is 24.0 Å². The lowest BCUT2D eigenvalue weighted by Gasteiger charge is -2.02. The van der Waals surface area contributed by atoms with E-state index < -0.39 is 12.6 Å². The molecule has 74 valence electrons. The number of alkyl halides is 4. The van der Waals surface area contributed by atoms with Gasteiger partial charge in [-0.3, -0.25) is 0 Å². The van der Waals surface area contributed by atoms with Crippen LogP contribution in [0.3, 0.4) is 0 Å². The molecule has 0 amide bonds. The highest BCUT2D eigenvalue weighted by Crippen LogP contribution is 2.22. The maximum atomic E-state index is 11.7. The number of hydrogen-bond acceptors (Lipinski definition) is 2. The molecule has 0 fully saturated rings. The molecule has 1 heterocycles. The molecule has 2 nitrogen and oxygen atoms in total. The summed E-state index contributed by atoms with van der Waals surface area (Å²) in [6.07, 6.45) is -3.98. The van der Waals surface area contributed by atoms with Crippen molar-refractivity contribution in [2.45, 2.75) is 24.9 Å². The van der Waals surface area contributed by atoms with Crippen molar-refractivity contribution >= 4 is 11.6 Å². The van der Waals surface area contributed by atoms with Crippen LogP contribution in [0.5, 0.6) is 0 Å². The molecule has 0 unspecified atom stereocenters. The fourth-order valence-corrected chi connectivity index (χ4v) is 0.914. The van der Waals surface area contributed by atoms with E-state index in [1.807, 2.05) is 0 Å². The molecule has 13 heavy (non-hydrogen) atoms. The number of aromatic nitrogens is 1. The van der Waals surface area contributed by atoms with E-state index in [0.29, 0.717) is 0 Å². The van der Waals surface area contributed by atoms with Gasteiger partial charge in [0, 0.05) is 6.42 Å². The van der Waals surface area contributed by atoms with Gasteiger partial charge >= 0.3 is 6.18 Å². The summed E-state index contributed by atoms with van der Waals surface area (Å²) in [4.78, 5) is 3.67. The number of halogens is 4. The first kappa shape index (κ1) is 10.4. The third-order valence-corrected chi connectivity index (χ3v) is 1.60. The Morgan fingerprint density at radius 2 is 2.15 bits per heavy atom. The molecule has 0 aliphatic rings. The lowest BCUT2D eigenvalue weighted by atomic mass is 10.2. The normalized spacial score (nSPS) is 12.0. The van der Waals surface area contributed by atoms with E-state index in [0.717, 1.165) is 0 Å². The van der Waals surface area contributed by atoms with Gasteiger partial charge in [0.2, 0.25) is 5.89 Å². The highest BCUT2D eigenvalue weighted by molar-refractivity contribution is 6.16. The standard InChI is InChI=1S/C7H7ClF3NO/c8-3-6-12-4-5(13-6)1-2-7(9,10)11/h4H,1-3H2. The minimum Gasteiger partial charge on any atom is -0.444 e. The van der Waals surface area contributed by atoms with Crippen molar-refractivity contribution in [1.82, 2.24) is 4.98 Å². The van der Waals surface area contributed by atoms with Crippen molar-refractivity contribution in [3.63, 3.8) is 0 Å². The summed E-state index contributed by atoms with van der Waals surface area (Å²) in [5.74, 6) is 0.540. The van der Waals surface area contributed by atoms with Crippen LogP contribution in [-0.4, -0.2) is 11.2 Å². The lowest BCUT2D eigenvalue weighted by molar-refractivity contribution is -0.134. The Labute approximate surface area is 77.7 Å². The van der Waals surface area contributed by atoms with E-state index in [4.69, 9.17) is 16.0 Å². The van der Waals surface area contributed by atoms with Gasteiger partial charge in [0.1, 0.15) is 5.76 Å². The first-order valence-electron chi connectivity index (χ1n) is 3.57. The summed E-state index contributed by atoms with van der Waals surface area (Å²) >= 11 is 5.35. The zero-order valence-corrected chi connectivity index (χ0v) is 7.32. The maximum Gasteiger partial charge on any atom is 0.389 e. The van der Waals surface area contributed by atoms with Crippen LogP contribution < -0.4 is 0 Å². The molecule has 1 rings (SSSR count). The number of rotatable bonds is 3. The monoisotopic (exact) mass is 213 g/mol. The summed E-state index contributed by atoms with van der Waals surface area (Å²) in [5, 5.41) is 0. The van der Waals surface area contributed by atoms with Gasteiger partial charge in [-0.05, 0) is 0 Å². The van der Waals surface area contributed by atoms with Gasteiger partial charge in [-0.2, -0.15) is 13.2 Å². The van der Waals surface area contributed by atoms with Crippen LogP contribution in [0.2, 0.25) is 0 Å². The second-order valence-electron chi connectivity index (χ2n) is 2.47. The number of oxazole rings is 1. The van der Waals surface area contributed by atoms with Crippen LogP contribution in [0.1, 0.15) is 18.1 Å². The van der Waals surface area contributed by atoms with Crippen molar-refractivity contribution in [1.29, 1.82) is 0 Å². The second-order valence-corrected chi connectivity index (χ2v) is 2.74. The predicted molar refractivity (Wildman–Crippen MR) is 40.4 cm³/mol. The first-order valence-corrected chi connectivity index (χ1v) is 4.11. The van der Waals surface area contributed by atoms with E-state index in [9.17, 15) is 13.2 Å². The second kappa shape index (κ2) is 4.00. The van der Waals surface area contributed by atoms with E-state index >= 15 is 0 Å². The number of aryl methyl sites for hydroxylation is 1. The summed E-state index contributed by atoms with van der Waals surface area (Å²) in [7, 11) is 0. The van der Waals surface area contributed by atoms with E-state index in [1.54, 1.807) is 0 Å². The summed E-state index contributed by atoms with van der Waals surface area (Å²) in [6, 6.07) is 0. The Bertz CT molecular complexity index is 271. The van der Waals surface area contributed by atoms with E-state index in [2.05, 4.69) is 4.98 Å². The molecule has 0 radical (unpaired) electrons. The molecule has 0 aromatic carbocycles.